The van der Waals surface area contributed by atoms with Gasteiger partial charge in [0.05, 0.1) is 0 Å². The van der Waals surface area contributed by atoms with E-state index in [1.807, 2.05) is 6.92 Å². The summed E-state index contributed by atoms with van der Waals surface area (Å²) in [5.41, 5.74) is 2.52. The minimum absolute atomic E-state index is 0.375. The molecule has 0 aliphatic heterocycles. The number of anilines is 2. The van der Waals surface area contributed by atoms with E-state index < -0.39 is 0 Å². The number of nitrogens with zero attached hydrogens (tertiary/aromatic N) is 2. The Kier molecular flexibility index (Phi) is 4.64. The molecule has 1 atom stereocenters. The molecule has 0 fully saturated rings. The van der Waals surface area contributed by atoms with Crippen molar-refractivity contribution in [3.8, 4) is 0 Å². The van der Waals surface area contributed by atoms with Gasteiger partial charge >= 0.3 is 0 Å². The predicted octanol–water partition coefficient (Wildman–Crippen LogP) is 1.23. The predicted molar refractivity (Wildman–Crippen MR) is 66.0 cm³/mol. The number of nitrogens with two attached hydrogens (primary N) is 1. The molecule has 0 radical (unpaired) electrons. The minimum atomic E-state index is 0.375. The zero-order chi connectivity index (χ0) is 11.3. The Morgan fingerprint density at radius 1 is 1.47 bits per heavy atom. The highest BCUT2D eigenvalue weighted by molar-refractivity contribution is 7.98. The van der Waals surface area contributed by atoms with Crippen LogP contribution in [0.4, 0.5) is 11.6 Å². The Morgan fingerprint density at radius 2 is 2.13 bits per heavy atom. The number of aryl methyl sites for hydroxylation is 1. The normalized spacial score (nSPS) is 12.3. The number of hydrazine groups is 1. The first-order valence-electron chi connectivity index (χ1n) is 4.73. The number of hydrogen-bond acceptors (Lipinski definition) is 6. The van der Waals surface area contributed by atoms with Crippen LogP contribution in [0.15, 0.2) is 6.07 Å². The first-order valence-corrected chi connectivity index (χ1v) is 6.13. The molecule has 4 N–H and O–H groups in total. The van der Waals surface area contributed by atoms with E-state index in [0.29, 0.717) is 17.7 Å². The third kappa shape index (κ3) is 3.93. The van der Waals surface area contributed by atoms with Crippen LogP contribution in [0.2, 0.25) is 0 Å². The van der Waals surface area contributed by atoms with Gasteiger partial charge in [-0.2, -0.15) is 11.8 Å². The van der Waals surface area contributed by atoms with Gasteiger partial charge in [0, 0.05) is 17.9 Å². The number of rotatable bonds is 5. The molecule has 0 spiro atoms. The van der Waals surface area contributed by atoms with Crippen LogP contribution in [0.3, 0.4) is 0 Å². The smallest absolute Gasteiger partial charge is 0.145 e. The van der Waals surface area contributed by atoms with E-state index >= 15 is 0 Å². The van der Waals surface area contributed by atoms with Crippen molar-refractivity contribution in [1.82, 2.24) is 9.97 Å². The van der Waals surface area contributed by atoms with Gasteiger partial charge in [-0.15, -0.1) is 0 Å². The molecular weight excluding hydrogens is 210 g/mol. The molecule has 0 aromatic carbocycles. The molecule has 1 heterocycles. The number of hydrogen-bond donors (Lipinski definition) is 3. The Hall–Kier alpha value is -1.01. The molecule has 0 saturated carbocycles. The van der Waals surface area contributed by atoms with Crippen LogP contribution in [0.5, 0.6) is 0 Å². The van der Waals surface area contributed by atoms with E-state index in [0.717, 1.165) is 11.6 Å². The monoisotopic (exact) mass is 227 g/mol. The number of aromatic nitrogens is 2. The molecule has 0 aliphatic carbocycles. The lowest BCUT2D eigenvalue weighted by atomic mass is 10.4. The van der Waals surface area contributed by atoms with E-state index in [2.05, 4.69) is 33.9 Å². The maximum absolute atomic E-state index is 5.30. The van der Waals surface area contributed by atoms with Gasteiger partial charge in [0.15, 0.2) is 0 Å². The highest BCUT2D eigenvalue weighted by Gasteiger charge is 2.04. The van der Waals surface area contributed by atoms with Crippen molar-refractivity contribution in [1.29, 1.82) is 0 Å². The summed E-state index contributed by atoms with van der Waals surface area (Å²) in [5.74, 6) is 8.47. The summed E-state index contributed by atoms with van der Waals surface area (Å²) in [5, 5.41) is 3.29. The van der Waals surface area contributed by atoms with Gasteiger partial charge in [0.2, 0.25) is 0 Å². The van der Waals surface area contributed by atoms with Gasteiger partial charge in [-0.25, -0.2) is 15.8 Å². The number of nitrogens with one attached hydrogen (secondary N) is 2. The second-order valence-corrected chi connectivity index (χ2v) is 4.24. The molecule has 1 aromatic heterocycles. The van der Waals surface area contributed by atoms with Crippen molar-refractivity contribution in [3.63, 3.8) is 0 Å². The second-order valence-electron chi connectivity index (χ2n) is 3.33. The fourth-order valence-corrected chi connectivity index (χ4v) is 1.84. The molecule has 0 amide bonds. The average molecular weight is 227 g/mol. The van der Waals surface area contributed by atoms with Gasteiger partial charge < -0.3 is 10.7 Å². The fourth-order valence-electron chi connectivity index (χ4n) is 1.26. The molecule has 0 saturated heterocycles. The fraction of sp³-hybridized carbons (Fsp3) is 0.556. The summed E-state index contributed by atoms with van der Waals surface area (Å²) in [6, 6.07) is 2.17. The van der Waals surface area contributed by atoms with E-state index in [4.69, 9.17) is 5.84 Å². The summed E-state index contributed by atoms with van der Waals surface area (Å²) in [6.07, 6.45) is 2.08. The standard InChI is InChI=1S/C9H17N5S/c1-6(5-15-3)11-8-4-9(14-10)13-7(2)12-8/h4,6H,5,10H2,1-3H3,(H2,11,12,13,14). The largest absolute Gasteiger partial charge is 0.367 e. The van der Waals surface area contributed by atoms with Crippen LogP contribution < -0.4 is 16.6 Å². The molecule has 0 aliphatic rings. The first kappa shape index (κ1) is 12.1. The summed E-state index contributed by atoms with van der Waals surface area (Å²) < 4.78 is 0. The zero-order valence-corrected chi connectivity index (χ0v) is 10.1. The molecule has 15 heavy (non-hydrogen) atoms. The Morgan fingerprint density at radius 3 is 2.73 bits per heavy atom. The van der Waals surface area contributed by atoms with Gasteiger partial charge in [-0.1, -0.05) is 0 Å². The zero-order valence-electron chi connectivity index (χ0n) is 9.24. The summed E-state index contributed by atoms with van der Waals surface area (Å²) in [7, 11) is 0. The summed E-state index contributed by atoms with van der Waals surface area (Å²) >= 11 is 1.80. The lowest BCUT2D eigenvalue weighted by Gasteiger charge is -2.14. The van der Waals surface area contributed by atoms with E-state index in [1.54, 1.807) is 17.8 Å². The topological polar surface area (TPSA) is 75.9 Å². The molecule has 1 aromatic rings. The SMILES string of the molecule is CSCC(C)Nc1cc(NN)nc(C)n1. The Balaban J connectivity index is 2.71. The molecule has 6 heteroatoms. The lowest BCUT2D eigenvalue weighted by Crippen LogP contribution is -2.19. The van der Waals surface area contributed by atoms with Crippen LogP contribution in [0.1, 0.15) is 12.7 Å². The molecule has 5 nitrogen and oxygen atoms in total. The second kappa shape index (κ2) is 5.77. The van der Waals surface area contributed by atoms with Crippen molar-refractivity contribution in [2.75, 3.05) is 22.8 Å². The Labute approximate surface area is 94.2 Å². The minimum Gasteiger partial charge on any atom is -0.367 e. The lowest BCUT2D eigenvalue weighted by molar-refractivity contribution is 0.893. The van der Waals surface area contributed by atoms with Gasteiger partial charge in [-0.05, 0) is 20.1 Å². The molecule has 0 bridgehead atoms. The van der Waals surface area contributed by atoms with Crippen molar-refractivity contribution < 1.29 is 0 Å². The van der Waals surface area contributed by atoms with Crippen LogP contribution in [0.25, 0.3) is 0 Å². The van der Waals surface area contributed by atoms with Gasteiger partial charge in [0.25, 0.3) is 0 Å². The molecule has 1 unspecified atom stereocenters. The van der Waals surface area contributed by atoms with Crippen LogP contribution in [-0.4, -0.2) is 28.0 Å². The summed E-state index contributed by atoms with van der Waals surface area (Å²) in [4.78, 5) is 8.39. The highest BCUT2D eigenvalue weighted by atomic mass is 32.2. The van der Waals surface area contributed by atoms with Crippen molar-refractivity contribution >= 4 is 23.4 Å². The number of thioether (sulfide) groups is 1. The molecule has 1 rings (SSSR count). The van der Waals surface area contributed by atoms with E-state index in [9.17, 15) is 0 Å². The van der Waals surface area contributed by atoms with Gasteiger partial charge in [-0.3, -0.25) is 0 Å². The van der Waals surface area contributed by atoms with Crippen LogP contribution in [-0.2, 0) is 0 Å². The third-order valence-electron chi connectivity index (χ3n) is 1.80. The maximum Gasteiger partial charge on any atom is 0.145 e. The highest BCUT2D eigenvalue weighted by Crippen LogP contribution is 2.12. The average Bonchev–Trinajstić information content (AvgIpc) is 2.17. The van der Waals surface area contributed by atoms with Crippen LogP contribution >= 0.6 is 11.8 Å². The van der Waals surface area contributed by atoms with Crippen molar-refractivity contribution in [3.05, 3.63) is 11.9 Å². The molecule has 84 valence electrons. The van der Waals surface area contributed by atoms with E-state index in [1.165, 1.54) is 0 Å². The van der Waals surface area contributed by atoms with Gasteiger partial charge in [0.1, 0.15) is 17.5 Å². The maximum atomic E-state index is 5.30. The quantitative estimate of drug-likeness (QED) is 0.519. The molecular formula is C9H17N5S. The Bertz CT molecular complexity index is 317. The summed E-state index contributed by atoms with van der Waals surface area (Å²) in [6.45, 7) is 3.95. The first-order chi connectivity index (χ1) is 7.15. The van der Waals surface area contributed by atoms with E-state index in [-0.39, 0.29) is 0 Å². The van der Waals surface area contributed by atoms with Crippen molar-refractivity contribution in [2.24, 2.45) is 5.84 Å². The van der Waals surface area contributed by atoms with Crippen LogP contribution in [0, 0.1) is 6.92 Å². The third-order valence-corrected chi connectivity index (χ3v) is 2.63. The van der Waals surface area contributed by atoms with Crippen molar-refractivity contribution in [2.45, 2.75) is 19.9 Å². The number of nitrogen functional groups attached to an aromatic ring is 1.